The van der Waals surface area contributed by atoms with Crippen LogP contribution in [0.15, 0.2) is 27.8 Å². The van der Waals surface area contributed by atoms with Gasteiger partial charge in [-0.25, -0.2) is 0 Å². The predicted octanol–water partition coefficient (Wildman–Crippen LogP) is 3.13. The number of thioether (sulfide) groups is 1. The Morgan fingerprint density at radius 1 is 1.19 bits per heavy atom. The first-order valence-electron chi connectivity index (χ1n) is 8.31. The number of hydrogen-bond donors (Lipinski definition) is 1. The summed E-state index contributed by atoms with van der Waals surface area (Å²) in [6, 6.07) is 3.41. The highest BCUT2D eigenvalue weighted by Crippen LogP contribution is 2.39. The van der Waals surface area contributed by atoms with Crippen molar-refractivity contribution < 1.29 is 19.0 Å². The summed E-state index contributed by atoms with van der Waals surface area (Å²) in [6.45, 7) is 2.05. The summed E-state index contributed by atoms with van der Waals surface area (Å²) in [5, 5.41) is 15.5. The van der Waals surface area contributed by atoms with Crippen LogP contribution in [0.25, 0.3) is 6.08 Å². The Kier molecular flexibility index (Phi) is 5.50. The van der Waals surface area contributed by atoms with Crippen LogP contribution in [0.2, 0.25) is 0 Å². The molecule has 1 N–H and O–H groups in total. The number of methoxy groups -OCH3 is 3. The summed E-state index contributed by atoms with van der Waals surface area (Å²) < 4.78 is 16.0. The minimum absolute atomic E-state index is 0.00245. The molecule has 142 valence electrons. The van der Waals surface area contributed by atoms with E-state index in [0.29, 0.717) is 28.0 Å². The first-order chi connectivity index (χ1) is 13.0. The van der Waals surface area contributed by atoms with E-state index in [1.165, 1.54) is 38.1 Å². The van der Waals surface area contributed by atoms with Crippen molar-refractivity contribution in [2.45, 2.75) is 19.8 Å². The number of amidine groups is 2. The van der Waals surface area contributed by atoms with E-state index in [-0.39, 0.29) is 11.4 Å². The van der Waals surface area contributed by atoms with Crippen molar-refractivity contribution in [3.05, 3.63) is 23.3 Å². The number of carbonyl (C=O) groups excluding carboxylic acids is 1. The lowest BCUT2D eigenvalue weighted by molar-refractivity contribution is -0.114. The van der Waals surface area contributed by atoms with Gasteiger partial charge in [-0.1, -0.05) is 6.92 Å². The minimum atomic E-state index is -0.472. The second-order valence-electron chi connectivity index (χ2n) is 5.72. The number of benzene rings is 1. The van der Waals surface area contributed by atoms with Crippen LogP contribution in [0.3, 0.4) is 0 Å². The molecule has 9 heteroatoms. The van der Waals surface area contributed by atoms with Gasteiger partial charge in [0.1, 0.15) is 5.04 Å². The van der Waals surface area contributed by atoms with Crippen LogP contribution in [0.1, 0.15) is 25.3 Å². The number of aliphatic imine (C=N–C) groups is 1. The van der Waals surface area contributed by atoms with Crippen molar-refractivity contribution >= 4 is 39.8 Å². The van der Waals surface area contributed by atoms with Crippen molar-refractivity contribution in [1.29, 1.82) is 5.41 Å². The molecule has 27 heavy (non-hydrogen) atoms. The Labute approximate surface area is 161 Å². The fourth-order valence-electron chi connectivity index (χ4n) is 2.70. The average Bonchev–Trinajstić information content (AvgIpc) is 3.07. The lowest BCUT2D eigenvalue weighted by Crippen LogP contribution is -2.35. The molecule has 0 radical (unpaired) electrons. The van der Waals surface area contributed by atoms with E-state index in [1.807, 2.05) is 0 Å². The van der Waals surface area contributed by atoms with Crippen molar-refractivity contribution in [2.75, 3.05) is 21.3 Å². The molecule has 1 aromatic rings. The van der Waals surface area contributed by atoms with Gasteiger partial charge in [0.05, 0.1) is 26.9 Å². The van der Waals surface area contributed by atoms with Gasteiger partial charge in [0.15, 0.2) is 17.3 Å². The molecule has 2 aliphatic heterocycles. The third-order valence-electron chi connectivity index (χ3n) is 3.96. The number of fused-ring (bicyclic) bond motifs is 1. The topological polar surface area (TPSA) is 96.6 Å². The van der Waals surface area contributed by atoms with Gasteiger partial charge in [-0.2, -0.15) is 15.1 Å². The van der Waals surface area contributed by atoms with E-state index in [9.17, 15) is 4.79 Å². The number of rotatable bonds is 6. The third-order valence-corrected chi connectivity index (χ3v) is 4.93. The molecular formula is C18H20N4O4S. The number of carbonyl (C=O) groups is 1. The average molecular weight is 388 g/mol. The van der Waals surface area contributed by atoms with Gasteiger partial charge < -0.3 is 14.2 Å². The molecule has 1 aromatic carbocycles. The highest BCUT2D eigenvalue weighted by atomic mass is 32.2. The van der Waals surface area contributed by atoms with E-state index < -0.39 is 5.91 Å². The van der Waals surface area contributed by atoms with Crippen LogP contribution in [0.4, 0.5) is 0 Å². The lowest BCUT2D eigenvalue weighted by atomic mass is 10.1. The molecule has 0 aliphatic carbocycles. The first-order valence-corrected chi connectivity index (χ1v) is 9.13. The van der Waals surface area contributed by atoms with Crippen LogP contribution >= 0.6 is 11.8 Å². The molecule has 8 nitrogen and oxygen atoms in total. The second kappa shape index (κ2) is 7.83. The number of nitrogens with zero attached hydrogens (tertiary/aromatic N) is 3. The van der Waals surface area contributed by atoms with Crippen LogP contribution < -0.4 is 14.2 Å². The predicted molar refractivity (Wildman–Crippen MR) is 106 cm³/mol. The van der Waals surface area contributed by atoms with E-state index in [4.69, 9.17) is 19.6 Å². The first kappa shape index (κ1) is 19.0. The largest absolute Gasteiger partial charge is 0.493 e. The Balaban J connectivity index is 2.01. The molecule has 0 fully saturated rings. The van der Waals surface area contributed by atoms with Gasteiger partial charge in [0.2, 0.25) is 10.9 Å². The zero-order valence-corrected chi connectivity index (χ0v) is 16.3. The van der Waals surface area contributed by atoms with Crippen LogP contribution in [-0.4, -0.2) is 48.3 Å². The highest BCUT2D eigenvalue weighted by molar-refractivity contribution is 8.26. The van der Waals surface area contributed by atoms with Gasteiger partial charge in [0, 0.05) is 0 Å². The van der Waals surface area contributed by atoms with Gasteiger partial charge in [-0.15, -0.1) is 0 Å². The summed E-state index contributed by atoms with van der Waals surface area (Å²) in [5.74, 6) is 0.903. The van der Waals surface area contributed by atoms with E-state index in [0.717, 1.165) is 17.9 Å². The van der Waals surface area contributed by atoms with Crippen molar-refractivity contribution in [3.63, 3.8) is 0 Å². The third kappa shape index (κ3) is 3.55. The highest BCUT2D eigenvalue weighted by Gasteiger charge is 2.35. The molecule has 0 saturated heterocycles. The molecule has 0 aromatic heterocycles. The molecule has 0 spiro atoms. The molecule has 2 heterocycles. The minimum Gasteiger partial charge on any atom is -0.493 e. The zero-order chi connectivity index (χ0) is 19.6. The molecular weight excluding hydrogens is 368 g/mol. The van der Waals surface area contributed by atoms with Gasteiger partial charge in [0.25, 0.3) is 5.91 Å². The van der Waals surface area contributed by atoms with Crippen LogP contribution in [-0.2, 0) is 4.79 Å². The molecule has 2 aliphatic rings. The summed E-state index contributed by atoms with van der Waals surface area (Å²) in [6.07, 6.45) is 3.30. The lowest BCUT2D eigenvalue weighted by Gasteiger charge is -2.20. The summed E-state index contributed by atoms with van der Waals surface area (Å²) in [5.41, 5.74) is 0.774. The number of nitrogens with one attached hydrogen (secondary N) is 1. The van der Waals surface area contributed by atoms with Crippen molar-refractivity contribution in [3.8, 4) is 17.2 Å². The molecule has 1 amide bonds. The fourth-order valence-corrected chi connectivity index (χ4v) is 3.68. The summed E-state index contributed by atoms with van der Waals surface area (Å²) in [7, 11) is 4.56. The Morgan fingerprint density at radius 2 is 1.85 bits per heavy atom. The van der Waals surface area contributed by atoms with Crippen molar-refractivity contribution in [2.24, 2.45) is 10.1 Å². The Bertz CT molecular complexity index is 866. The number of hydrogen-bond acceptors (Lipinski definition) is 7. The smallest absolute Gasteiger partial charge is 0.283 e. The molecule has 0 saturated carbocycles. The van der Waals surface area contributed by atoms with E-state index in [1.54, 1.807) is 18.2 Å². The number of amides is 1. The normalized spacial score (nSPS) is 17.6. The van der Waals surface area contributed by atoms with Gasteiger partial charge in [-0.3, -0.25) is 10.2 Å². The Hall–Kier alpha value is -2.81. The molecule has 3 rings (SSSR count). The fraction of sp³-hybridized carbons (Fsp3) is 0.333. The van der Waals surface area contributed by atoms with Gasteiger partial charge >= 0.3 is 0 Å². The van der Waals surface area contributed by atoms with E-state index in [2.05, 4.69) is 17.0 Å². The van der Waals surface area contributed by atoms with Crippen molar-refractivity contribution in [1.82, 2.24) is 5.01 Å². The Morgan fingerprint density at radius 3 is 2.41 bits per heavy atom. The van der Waals surface area contributed by atoms with E-state index >= 15 is 0 Å². The van der Waals surface area contributed by atoms with Crippen LogP contribution in [0.5, 0.6) is 17.2 Å². The maximum absolute atomic E-state index is 12.5. The summed E-state index contributed by atoms with van der Waals surface area (Å²) in [4.78, 5) is 16.6. The molecule has 0 unspecified atom stereocenters. The van der Waals surface area contributed by atoms with Gasteiger partial charge in [-0.05, 0) is 48.4 Å². The number of hydrazone groups is 1. The second-order valence-corrected chi connectivity index (χ2v) is 6.76. The molecule has 0 bridgehead atoms. The maximum atomic E-state index is 12.5. The standard InChI is InChI=1S/C18H20N4O4S/c1-5-6-14-21-22-16(19)11(17(23)20-18(22)27-14)7-10-8-12(24-2)15(26-4)13(9-10)25-3/h7-9,19H,5-6H2,1-4H3/b11-7-,19-16?. The number of ether oxygens (including phenoxy) is 3. The monoisotopic (exact) mass is 388 g/mol. The SMILES string of the molecule is CCCC1=NN2C(=N)/C(=C/c3cc(OC)c(OC)c(OC)c3)C(=O)N=C2S1. The summed E-state index contributed by atoms with van der Waals surface area (Å²) >= 11 is 1.33. The quantitative estimate of drug-likeness (QED) is 0.752. The molecule has 0 atom stereocenters. The van der Waals surface area contributed by atoms with Crippen LogP contribution in [0, 0.1) is 5.41 Å². The zero-order valence-electron chi connectivity index (χ0n) is 15.5. The maximum Gasteiger partial charge on any atom is 0.283 e.